The molecule has 3 rings (SSSR count). The zero-order valence-electron chi connectivity index (χ0n) is 10.1. The molecule has 1 aromatic rings. The maximum atomic E-state index is 13.9. The van der Waals surface area contributed by atoms with Gasteiger partial charge < -0.3 is 10.6 Å². The summed E-state index contributed by atoms with van der Waals surface area (Å²) in [6.45, 7) is 2.47. The monoisotopic (exact) mass is 234 g/mol. The summed E-state index contributed by atoms with van der Waals surface area (Å²) in [5, 5.41) is 0. The molecule has 2 aliphatic rings. The van der Waals surface area contributed by atoms with Crippen molar-refractivity contribution in [1.29, 1.82) is 0 Å². The van der Waals surface area contributed by atoms with Crippen molar-refractivity contribution in [3.8, 4) is 0 Å². The van der Waals surface area contributed by atoms with E-state index in [9.17, 15) is 4.39 Å². The molecule has 17 heavy (non-hydrogen) atoms. The summed E-state index contributed by atoms with van der Waals surface area (Å²) in [6.07, 6.45) is 5.35. The first-order valence-electron chi connectivity index (χ1n) is 6.46. The predicted molar refractivity (Wildman–Crippen MR) is 67.4 cm³/mol. The smallest absolute Gasteiger partial charge is 0.146 e. The lowest BCUT2D eigenvalue weighted by Gasteiger charge is -2.49. The quantitative estimate of drug-likeness (QED) is 0.852. The van der Waals surface area contributed by atoms with Gasteiger partial charge in [-0.1, -0.05) is 18.9 Å². The molecule has 0 unspecified atom stereocenters. The van der Waals surface area contributed by atoms with E-state index in [4.69, 9.17) is 5.73 Å². The lowest BCUT2D eigenvalue weighted by Crippen LogP contribution is -2.55. The first kappa shape index (κ1) is 11.0. The molecule has 2 fully saturated rings. The van der Waals surface area contributed by atoms with Gasteiger partial charge in [0, 0.05) is 25.0 Å². The van der Waals surface area contributed by atoms with Crippen LogP contribution in [-0.2, 0) is 6.54 Å². The number of nitrogens with zero attached hydrogens (tertiary/aromatic N) is 1. The number of hydrogen-bond acceptors (Lipinski definition) is 2. The normalized spacial score (nSPS) is 21.9. The Hall–Kier alpha value is -1.09. The van der Waals surface area contributed by atoms with E-state index in [1.54, 1.807) is 6.07 Å². The minimum Gasteiger partial charge on any atom is -0.368 e. The summed E-state index contributed by atoms with van der Waals surface area (Å²) in [7, 11) is 0. The molecule has 1 saturated heterocycles. The number of rotatable bonds is 2. The van der Waals surface area contributed by atoms with Gasteiger partial charge in [-0.2, -0.15) is 0 Å². The van der Waals surface area contributed by atoms with Crippen molar-refractivity contribution in [3.05, 3.63) is 29.6 Å². The molecule has 92 valence electrons. The van der Waals surface area contributed by atoms with Gasteiger partial charge in [-0.3, -0.25) is 0 Å². The van der Waals surface area contributed by atoms with Gasteiger partial charge >= 0.3 is 0 Å². The molecule has 2 nitrogen and oxygen atoms in total. The number of benzene rings is 1. The van der Waals surface area contributed by atoms with Crippen molar-refractivity contribution in [2.75, 3.05) is 18.0 Å². The predicted octanol–water partition coefficient (Wildman–Crippen LogP) is 2.66. The Labute approximate surface area is 102 Å². The third-order valence-corrected chi connectivity index (χ3v) is 4.31. The highest BCUT2D eigenvalue weighted by Crippen LogP contribution is 2.47. The van der Waals surface area contributed by atoms with Crippen LogP contribution in [0.5, 0.6) is 0 Å². The molecule has 0 aromatic heterocycles. The lowest BCUT2D eigenvalue weighted by molar-refractivity contribution is 0.220. The molecule has 0 atom stereocenters. The summed E-state index contributed by atoms with van der Waals surface area (Å²) < 4.78 is 13.9. The average molecular weight is 234 g/mol. The van der Waals surface area contributed by atoms with Gasteiger partial charge in [0.2, 0.25) is 0 Å². The Balaban J connectivity index is 1.74. The van der Waals surface area contributed by atoms with E-state index >= 15 is 0 Å². The standard InChI is InChI=1S/C14H19FN2/c15-12-7-11(8-16)3-4-13(12)17-9-14(10-17)5-1-2-6-14/h3-4,7H,1-2,5-6,8-10,16H2. The van der Waals surface area contributed by atoms with E-state index in [1.807, 2.05) is 12.1 Å². The van der Waals surface area contributed by atoms with Gasteiger partial charge in [0.1, 0.15) is 5.82 Å². The van der Waals surface area contributed by atoms with Crippen LogP contribution in [0.25, 0.3) is 0 Å². The lowest BCUT2D eigenvalue weighted by atomic mass is 9.78. The van der Waals surface area contributed by atoms with Crippen LogP contribution in [0.4, 0.5) is 10.1 Å². The van der Waals surface area contributed by atoms with E-state index in [0.717, 1.165) is 24.3 Å². The van der Waals surface area contributed by atoms with Crippen molar-refractivity contribution in [3.63, 3.8) is 0 Å². The molecular weight excluding hydrogens is 215 g/mol. The van der Waals surface area contributed by atoms with Crippen LogP contribution in [-0.4, -0.2) is 13.1 Å². The third kappa shape index (κ3) is 1.82. The zero-order valence-corrected chi connectivity index (χ0v) is 10.1. The minimum atomic E-state index is -0.124. The summed E-state index contributed by atoms with van der Waals surface area (Å²) in [5.41, 5.74) is 7.63. The fraction of sp³-hybridized carbons (Fsp3) is 0.571. The maximum Gasteiger partial charge on any atom is 0.146 e. The van der Waals surface area contributed by atoms with Crippen LogP contribution >= 0.6 is 0 Å². The van der Waals surface area contributed by atoms with Crippen molar-refractivity contribution in [1.82, 2.24) is 0 Å². The van der Waals surface area contributed by atoms with E-state index in [-0.39, 0.29) is 5.82 Å². The molecule has 1 saturated carbocycles. The number of halogens is 1. The Morgan fingerprint density at radius 3 is 2.53 bits per heavy atom. The first-order chi connectivity index (χ1) is 8.22. The van der Waals surface area contributed by atoms with Crippen LogP contribution in [0.15, 0.2) is 18.2 Å². The second-order valence-corrected chi connectivity index (χ2v) is 5.55. The maximum absolute atomic E-state index is 13.9. The highest BCUT2D eigenvalue weighted by molar-refractivity contribution is 5.52. The molecule has 0 amide bonds. The van der Waals surface area contributed by atoms with Crippen LogP contribution in [0, 0.1) is 11.2 Å². The molecule has 0 radical (unpaired) electrons. The molecule has 1 aliphatic heterocycles. The Morgan fingerprint density at radius 2 is 1.94 bits per heavy atom. The Kier molecular flexibility index (Phi) is 2.58. The molecule has 0 bridgehead atoms. The van der Waals surface area contributed by atoms with Crippen LogP contribution in [0.1, 0.15) is 31.2 Å². The topological polar surface area (TPSA) is 29.3 Å². The largest absolute Gasteiger partial charge is 0.368 e. The molecule has 1 aromatic carbocycles. The summed E-state index contributed by atoms with van der Waals surface area (Å²) in [4.78, 5) is 2.17. The first-order valence-corrected chi connectivity index (χ1v) is 6.46. The second kappa shape index (κ2) is 3.98. The van der Waals surface area contributed by atoms with E-state index in [2.05, 4.69) is 4.90 Å². The van der Waals surface area contributed by atoms with Gasteiger partial charge in [0.25, 0.3) is 0 Å². The van der Waals surface area contributed by atoms with Crippen molar-refractivity contribution in [2.45, 2.75) is 32.2 Å². The number of hydrogen-bond donors (Lipinski definition) is 1. The molecular formula is C14H19FN2. The molecule has 2 N–H and O–H groups in total. The summed E-state index contributed by atoms with van der Waals surface area (Å²) in [5.74, 6) is -0.124. The van der Waals surface area contributed by atoms with Gasteiger partial charge in [-0.05, 0) is 30.5 Å². The van der Waals surface area contributed by atoms with Crippen LogP contribution in [0.2, 0.25) is 0 Å². The van der Waals surface area contributed by atoms with Gasteiger partial charge in [-0.25, -0.2) is 4.39 Å². The van der Waals surface area contributed by atoms with Crippen molar-refractivity contribution in [2.24, 2.45) is 11.1 Å². The molecule has 1 aliphatic carbocycles. The number of anilines is 1. The molecule has 3 heteroatoms. The summed E-state index contributed by atoms with van der Waals surface area (Å²) >= 11 is 0. The highest BCUT2D eigenvalue weighted by Gasteiger charge is 2.45. The van der Waals surface area contributed by atoms with Crippen LogP contribution < -0.4 is 10.6 Å². The minimum absolute atomic E-state index is 0.124. The second-order valence-electron chi connectivity index (χ2n) is 5.55. The summed E-state index contributed by atoms with van der Waals surface area (Å²) in [6, 6.07) is 5.37. The fourth-order valence-electron chi connectivity index (χ4n) is 3.31. The third-order valence-electron chi connectivity index (χ3n) is 4.31. The highest BCUT2D eigenvalue weighted by atomic mass is 19.1. The Morgan fingerprint density at radius 1 is 1.24 bits per heavy atom. The zero-order chi connectivity index (χ0) is 11.9. The van der Waals surface area contributed by atoms with Gasteiger partial charge in [-0.15, -0.1) is 0 Å². The van der Waals surface area contributed by atoms with E-state index in [1.165, 1.54) is 25.7 Å². The van der Waals surface area contributed by atoms with Crippen molar-refractivity contribution < 1.29 is 4.39 Å². The van der Waals surface area contributed by atoms with Crippen molar-refractivity contribution >= 4 is 5.69 Å². The van der Waals surface area contributed by atoms with E-state index < -0.39 is 0 Å². The van der Waals surface area contributed by atoms with E-state index in [0.29, 0.717) is 12.0 Å². The molecule has 1 spiro atoms. The van der Waals surface area contributed by atoms with Gasteiger partial charge in [0.15, 0.2) is 0 Å². The number of nitrogens with two attached hydrogens (primary N) is 1. The average Bonchev–Trinajstić information content (AvgIpc) is 2.76. The molecule has 1 heterocycles. The fourth-order valence-corrected chi connectivity index (χ4v) is 3.31. The SMILES string of the molecule is NCc1ccc(N2CC3(CCCC3)C2)c(F)c1. The van der Waals surface area contributed by atoms with Gasteiger partial charge in [0.05, 0.1) is 5.69 Å². The Bertz CT molecular complexity index is 416. The van der Waals surface area contributed by atoms with Crippen LogP contribution in [0.3, 0.4) is 0 Å².